The molecule has 3 heterocycles. The third-order valence-corrected chi connectivity index (χ3v) is 4.67. The Hall–Kier alpha value is -2.80. The summed E-state index contributed by atoms with van der Waals surface area (Å²) in [5.74, 6) is 0.212. The number of anilines is 1. The molecule has 1 aliphatic rings. The topological polar surface area (TPSA) is 83.4 Å². The lowest BCUT2D eigenvalue weighted by molar-refractivity contribution is -0.123. The zero-order valence-electron chi connectivity index (χ0n) is 13.7. The lowest BCUT2D eigenvalue weighted by Gasteiger charge is -2.16. The number of amides is 1. The summed E-state index contributed by atoms with van der Waals surface area (Å²) >= 11 is 1.57. The number of pyridine rings is 1. The van der Waals surface area contributed by atoms with Gasteiger partial charge in [0.2, 0.25) is 5.91 Å². The summed E-state index contributed by atoms with van der Waals surface area (Å²) in [4.78, 5) is 31.2. The number of carbonyl (C=O) groups excluding carboxylic acids is 1. The number of nitrogens with zero attached hydrogens (tertiary/aromatic N) is 3. The number of rotatable bonds is 2. The highest BCUT2D eigenvalue weighted by molar-refractivity contribution is 7.07. The van der Waals surface area contributed by atoms with E-state index in [0.29, 0.717) is 6.42 Å². The number of aryl methyl sites for hydroxylation is 1. The van der Waals surface area contributed by atoms with Gasteiger partial charge in [-0.2, -0.15) is 0 Å². The summed E-state index contributed by atoms with van der Waals surface area (Å²) in [6.45, 7) is 2.64. The molecule has 0 aliphatic carbocycles. The largest absolute Gasteiger partial charge is 0.483 e. The van der Waals surface area contributed by atoms with E-state index in [1.54, 1.807) is 11.3 Å². The van der Waals surface area contributed by atoms with Crippen LogP contribution in [-0.4, -0.2) is 34.0 Å². The van der Waals surface area contributed by atoms with Gasteiger partial charge < -0.3 is 10.0 Å². The Bertz CT molecular complexity index is 909. The highest BCUT2D eigenvalue weighted by Crippen LogP contribution is 2.29. The highest BCUT2D eigenvalue weighted by atomic mass is 32.1. The van der Waals surface area contributed by atoms with Gasteiger partial charge in [-0.3, -0.25) is 9.59 Å². The van der Waals surface area contributed by atoms with Crippen molar-refractivity contribution in [3.63, 3.8) is 0 Å². The normalized spacial score (nSPS) is 13.6. The Labute approximate surface area is 148 Å². The van der Waals surface area contributed by atoms with Gasteiger partial charge in [-0.1, -0.05) is 0 Å². The molecule has 1 fully saturated rings. The van der Waals surface area contributed by atoms with Crippen molar-refractivity contribution >= 4 is 40.3 Å². The minimum absolute atomic E-state index is 0.212. The van der Waals surface area contributed by atoms with Crippen LogP contribution in [0.1, 0.15) is 18.4 Å². The second-order valence-electron chi connectivity index (χ2n) is 5.65. The average Bonchev–Trinajstić information content (AvgIpc) is 3.27. The molecule has 4 rings (SSSR count). The summed E-state index contributed by atoms with van der Waals surface area (Å²) in [5.41, 5.74) is 6.70. The van der Waals surface area contributed by atoms with Gasteiger partial charge in [-0.25, -0.2) is 9.97 Å². The molecule has 0 spiro atoms. The molecule has 1 saturated heterocycles. The average molecular weight is 355 g/mol. The van der Waals surface area contributed by atoms with Gasteiger partial charge >= 0.3 is 0 Å². The van der Waals surface area contributed by atoms with Crippen LogP contribution in [-0.2, 0) is 9.59 Å². The second kappa shape index (κ2) is 7.40. The number of carboxylic acid groups (broad SMARTS) is 1. The van der Waals surface area contributed by atoms with E-state index < -0.39 is 0 Å². The predicted molar refractivity (Wildman–Crippen MR) is 97.9 cm³/mol. The monoisotopic (exact) mass is 355 g/mol. The summed E-state index contributed by atoms with van der Waals surface area (Å²) in [6.07, 6.45) is 1.59. The van der Waals surface area contributed by atoms with Crippen LogP contribution in [0.2, 0.25) is 0 Å². The van der Waals surface area contributed by atoms with E-state index in [0.717, 1.165) is 46.5 Å². The van der Waals surface area contributed by atoms with E-state index >= 15 is 0 Å². The third-order valence-electron chi connectivity index (χ3n) is 4.08. The molecule has 1 N–H and O–H groups in total. The number of hydrogen-bond donors (Lipinski definition) is 1. The van der Waals surface area contributed by atoms with E-state index in [4.69, 9.17) is 14.9 Å². The lowest BCUT2D eigenvalue weighted by atomic mass is 10.1. The number of hydrogen-bond acceptors (Lipinski definition) is 5. The quantitative estimate of drug-likeness (QED) is 0.711. The van der Waals surface area contributed by atoms with E-state index in [1.807, 2.05) is 27.9 Å². The van der Waals surface area contributed by atoms with Crippen molar-refractivity contribution in [1.82, 2.24) is 9.97 Å². The Balaban J connectivity index is 0.000000569. The highest BCUT2D eigenvalue weighted by Gasteiger charge is 2.22. The summed E-state index contributed by atoms with van der Waals surface area (Å²) in [5, 5.41) is 9.99. The molecule has 128 valence electrons. The molecule has 0 saturated carbocycles. The van der Waals surface area contributed by atoms with E-state index in [1.165, 1.54) is 0 Å². The van der Waals surface area contributed by atoms with Crippen LogP contribution in [0.15, 0.2) is 35.2 Å². The van der Waals surface area contributed by atoms with Gasteiger partial charge in [0.1, 0.15) is 0 Å². The van der Waals surface area contributed by atoms with Crippen LogP contribution in [0.5, 0.6) is 0 Å². The summed E-state index contributed by atoms with van der Waals surface area (Å²) < 4.78 is 0. The molecular weight excluding hydrogens is 338 g/mol. The van der Waals surface area contributed by atoms with Crippen molar-refractivity contribution in [2.75, 3.05) is 11.4 Å². The molecule has 1 amide bonds. The van der Waals surface area contributed by atoms with Crippen molar-refractivity contribution < 1.29 is 14.7 Å². The first-order valence-electron chi connectivity index (χ1n) is 7.82. The molecule has 25 heavy (non-hydrogen) atoms. The molecule has 0 unspecified atom stereocenters. The first-order chi connectivity index (χ1) is 12.1. The van der Waals surface area contributed by atoms with Crippen molar-refractivity contribution in [2.24, 2.45) is 0 Å². The van der Waals surface area contributed by atoms with Crippen LogP contribution < -0.4 is 4.90 Å². The fraction of sp³-hybridized carbons (Fsp3) is 0.222. The fourth-order valence-electron chi connectivity index (χ4n) is 2.94. The van der Waals surface area contributed by atoms with E-state index in [-0.39, 0.29) is 12.4 Å². The van der Waals surface area contributed by atoms with Crippen LogP contribution in [0.3, 0.4) is 0 Å². The SMILES string of the molecule is Cc1cc(-c2cscn2)nc2ccc(N3CCCC3=O)cc12.O=CO. The van der Waals surface area contributed by atoms with Gasteiger partial charge in [0.05, 0.1) is 22.4 Å². The number of benzene rings is 1. The van der Waals surface area contributed by atoms with Crippen molar-refractivity contribution in [3.05, 3.63) is 40.7 Å². The van der Waals surface area contributed by atoms with Gasteiger partial charge in [-0.15, -0.1) is 11.3 Å². The molecular formula is C18H17N3O3S. The first-order valence-corrected chi connectivity index (χ1v) is 8.76. The van der Waals surface area contributed by atoms with Gasteiger partial charge in [0.25, 0.3) is 6.47 Å². The Morgan fingerprint density at radius 1 is 1.28 bits per heavy atom. The van der Waals surface area contributed by atoms with Crippen LogP contribution in [0, 0.1) is 6.92 Å². The number of fused-ring (bicyclic) bond motifs is 1. The Kier molecular flexibility index (Phi) is 5.04. The summed E-state index contributed by atoms with van der Waals surface area (Å²) in [7, 11) is 0. The molecule has 1 aromatic carbocycles. The van der Waals surface area contributed by atoms with Crippen molar-refractivity contribution in [1.29, 1.82) is 0 Å². The molecule has 3 aromatic rings. The minimum Gasteiger partial charge on any atom is -0.483 e. The van der Waals surface area contributed by atoms with E-state index in [9.17, 15) is 4.79 Å². The fourth-order valence-corrected chi connectivity index (χ4v) is 3.49. The standard InChI is InChI=1S/C17H15N3OS.CH2O2/c1-11-7-15(16-9-22-10-18-16)19-14-5-4-12(8-13(11)14)20-6-2-3-17(20)21;2-1-3/h4-5,7-10H,2-3,6H2,1H3;1H,(H,2,3). The van der Waals surface area contributed by atoms with E-state index in [2.05, 4.69) is 24.0 Å². The smallest absolute Gasteiger partial charge is 0.290 e. The molecule has 0 radical (unpaired) electrons. The van der Waals surface area contributed by atoms with Crippen molar-refractivity contribution in [2.45, 2.75) is 19.8 Å². The molecule has 7 heteroatoms. The Morgan fingerprint density at radius 2 is 2.08 bits per heavy atom. The number of carbonyl (C=O) groups is 2. The maximum absolute atomic E-state index is 11.9. The molecule has 0 atom stereocenters. The van der Waals surface area contributed by atoms with Crippen LogP contribution in [0.25, 0.3) is 22.3 Å². The lowest BCUT2D eigenvalue weighted by Crippen LogP contribution is -2.23. The molecule has 0 bridgehead atoms. The predicted octanol–water partition coefficient (Wildman–Crippen LogP) is 3.49. The maximum Gasteiger partial charge on any atom is 0.290 e. The third kappa shape index (κ3) is 3.51. The minimum atomic E-state index is -0.250. The summed E-state index contributed by atoms with van der Waals surface area (Å²) in [6, 6.07) is 8.13. The molecule has 1 aliphatic heterocycles. The number of thiazole rings is 1. The van der Waals surface area contributed by atoms with Gasteiger partial charge in [-0.05, 0) is 43.2 Å². The molecule has 6 nitrogen and oxygen atoms in total. The van der Waals surface area contributed by atoms with Gasteiger partial charge in [0.15, 0.2) is 0 Å². The van der Waals surface area contributed by atoms with Gasteiger partial charge in [0, 0.05) is 29.4 Å². The zero-order chi connectivity index (χ0) is 17.8. The molecule has 2 aromatic heterocycles. The Morgan fingerprint density at radius 3 is 2.72 bits per heavy atom. The zero-order valence-corrected chi connectivity index (χ0v) is 14.5. The second-order valence-corrected chi connectivity index (χ2v) is 6.37. The maximum atomic E-state index is 11.9. The van der Waals surface area contributed by atoms with Crippen LogP contribution in [0.4, 0.5) is 5.69 Å². The number of aromatic nitrogens is 2. The van der Waals surface area contributed by atoms with Crippen LogP contribution >= 0.6 is 11.3 Å². The first kappa shape index (κ1) is 17.0. The van der Waals surface area contributed by atoms with Crippen molar-refractivity contribution in [3.8, 4) is 11.4 Å².